The average Bonchev–Trinajstić information content (AvgIpc) is 2.87. The van der Waals surface area contributed by atoms with Gasteiger partial charge < -0.3 is 5.32 Å². The number of amides is 1. The van der Waals surface area contributed by atoms with E-state index in [1.54, 1.807) is 12.1 Å². The van der Waals surface area contributed by atoms with Crippen molar-refractivity contribution >= 4 is 28.8 Å². The first kappa shape index (κ1) is 16.5. The Morgan fingerprint density at radius 1 is 1.25 bits per heavy atom. The van der Waals surface area contributed by atoms with Crippen LogP contribution in [0.5, 0.6) is 0 Å². The molecule has 5 nitrogen and oxygen atoms in total. The van der Waals surface area contributed by atoms with Crippen LogP contribution in [0.1, 0.15) is 29.1 Å². The van der Waals surface area contributed by atoms with Gasteiger partial charge in [-0.15, -0.1) is 0 Å². The number of hydrogen-bond acceptors (Lipinski definition) is 3. The maximum atomic E-state index is 12.2. The predicted octanol–water partition coefficient (Wildman–Crippen LogP) is 3.88. The van der Waals surface area contributed by atoms with Crippen LogP contribution in [-0.4, -0.2) is 20.5 Å². The lowest BCUT2D eigenvalue weighted by Gasteiger charge is -2.11. The summed E-state index contributed by atoms with van der Waals surface area (Å²) in [6.07, 6.45) is 0.994. The normalized spacial score (nSPS) is 11.0. The van der Waals surface area contributed by atoms with E-state index in [4.69, 9.17) is 11.6 Å². The number of rotatable bonds is 4. The Balaban J connectivity index is 1.74. The molecule has 0 spiro atoms. The minimum absolute atomic E-state index is 0.0483. The average molecular weight is 343 g/mol. The third kappa shape index (κ3) is 3.41. The standard InChI is InChI=1S/C18H19ClN4O/c1-11-9-17-20-12(2)16(13(3)23(17)22-11)7-8-18(24)21-15-6-4-5-14(19)10-15/h4-6,9-10H,7-8H2,1-3H3,(H,21,24). The summed E-state index contributed by atoms with van der Waals surface area (Å²) in [5.74, 6) is -0.0483. The highest BCUT2D eigenvalue weighted by Gasteiger charge is 2.13. The Morgan fingerprint density at radius 2 is 2.04 bits per heavy atom. The van der Waals surface area contributed by atoms with Gasteiger partial charge in [-0.25, -0.2) is 9.50 Å². The molecule has 0 saturated heterocycles. The quantitative estimate of drug-likeness (QED) is 0.782. The van der Waals surface area contributed by atoms with Crippen LogP contribution in [0.2, 0.25) is 5.02 Å². The van der Waals surface area contributed by atoms with Crippen molar-refractivity contribution < 1.29 is 4.79 Å². The SMILES string of the molecule is Cc1cc2nc(C)c(CCC(=O)Nc3cccc(Cl)c3)c(C)n2n1. The highest BCUT2D eigenvalue weighted by Crippen LogP contribution is 2.18. The largest absolute Gasteiger partial charge is 0.326 e. The van der Waals surface area contributed by atoms with Gasteiger partial charge in [0.25, 0.3) is 0 Å². The van der Waals surface area contributed by atoms with Crippen molar-refractivity contribution in [3.63, 3.8) is 0 Å². The Hall–Kier alpha value is -2.40. The van der Waals surface area contributed by atoms with Crippen LogP contribution >= 0.6 is 11.6 Å². The first-order chi connectivity index (χ1) is 11.4. The van der Waals surface area contributed by atoms with Crippen molar-refractivity contribution in [1.82, 2.24) is 14.6 Å². The first-order valence-electron chi connectivity index (χ1n) is 7.82. The van der Waals surface area contributed by atoms with E-state index in [1.165, 1.54) is 0 Å². The van der Waals surface area contributed by atoms with Crippen molar-refractivity contribution in [1.29, 1.82) is 0 Å². The third-order valence-corrected chi connectivity index (χ3v) is 4.23. The smallest absolute Gasteiger partial charge is 0.224 e. The summed E-state index contributed by atoms with van der Waals surface area (Å²) in [5.41, 5.74) is 5.51. The lowest BCUT2D eigenvalue weighted by Crippen LogP contribution is -2.14. The number of hydrogen-bond donors (Lipinski definition) is 1. The Bertz CT molecular complexity index is 917. The fourth-order valence-corrected chi connectivity index (χ4v) is 3.02. The van der Waals surface area contributed by atoms with Gasteiger partial charge in [0.15, 0.2) is 5.65 Å². The van der Waals surface area contributed by atoms with Gasteiger partial charge in [0, 0.05) is 34.6 Å². The van der Waals surface area contributed by atoms with Crippen molar-refractivity contribution in [3.05, 3.63) is 58.0 Å². The molecule has 1 amide bonds. The third-order valence-electron chi connectivity index (χ3n) is 4.00. The Labute approximate surface area is 145 Å². The molecule has 0 unspecified atom stereocenters. The van der Waals surface area contributed by atoms with Crippen LogP contribution in [-0.2, 0) is 11.2 Å². The van der Waals surface area contributed by atoms with Crippen LogP contribution in [0, 0.1) is 20.8 Å². The molecule has 0 aliphatic rings. The van der Waals surface area contributed by atoms with Crippen LogP contribution in [0.25, 0.3) is 5.65 Å². The zero-order chi connectivity index (χ0) is 17.3. The highest BCUT2D eigenvalue weighted by molar-refractivity contribution is 6.30. The zero-order valence-electron chi connectivity index (χ0n) is 13.9. The summed E-state index contributed by atoms with van der Waals surface area (Å²) >= 11 is 5.93. The molecule has 6 heteroatoms. The number of aryl methyl sites for hydroxylation is 3. The predicted molar refractivity (Wildman–Crippen MR) is 95.6 cm³/mol. The molecule has 2 heterocycles. The molecule has 0 saturated carbocycles. The van der Waals surface area contributed by atoms with Crippen LogP contribution in [0.3, 0.4) is 0 Å². The maximum absolute atomic E-state index is 12.2. The van der Waals surface area contributed by atoms with Crippen LogP contribution in [0.15, 0.2) is 30.3 Å². The molecule has 1 N–H and O–H groups in total. The minimum atomic E-state index is -0.0483. The molecule has 0 atom stereocenters. The van der Waals surface area contributed by atoms with Gasteiger partial charge in [0.05, 0.1) is 5.69 Å². The number of anilines is 1. The lowest BCUT2D eigenvalue weighted by atomic mass is 10.1. The Morgan fingerprint density at radius 3 is 2.79 bits per heavy atom. The second kappa shape index (κ2) is 6.61. The number of carbonyl (C=O) groups is 1. The van der Waals surface area contributed by atoms with E-state index >= 15 is 0 Å². The van der Waals surface area contributed by atoms with Crippen LogP contribution < -0.4 is 5.32 Å². The summed E-state index contributed by atoms with van der Waals surface area (Å²) in [4.78, 5) is 16.8. The topological polar surface area (TPSA) is 59.3 Å². The number of nitrogens with zero attached hydrogens (tertiary/aromatic N) is 3. The molecule has 2 aromatic heterocycles. The Kier molecular flexibility index (Phi) is 4.53. The molecule has 3 aromatic rings. The molecular formula is C18H19ClN4O. The van der Waals surface area contributed by atoms with Gasteiger partial charge >= 0.3 is 0 Å². The fraction of sp³-hybridized carbons (Fsp3) is 0.278. The summed E-state index contributed by atoms with van der Waals surface area (Å²) in [5, 5.41) is 7.93. The summed E-state index contributed by atoms with van der Waals surface area (Å²) in [7, 11) is 0. The molecule has 0 aliphatic carbocycles. The first-order valence-corrected chi connectivity index (χ1v) is 8.19. The monoisotopic (exact) mass is 342 g/mol. The summed E-state index contributed by atoms with van der Waals surface area (Å²) in [6.45, 7) is 5.93. The lowest BCUT2D eigenvalue weighted by molar-refractivity contribution is -0.116. The molecular weight excluding hydrogens is 324 g/mol. The molecule has 0 radical (unpaired) electrons. The number of carbonyl (C=O) groups excluding carboxylic acids is 1. The van der Waals surface area contributed by atoms with E-state index < -0.39 is 0 Å². The van der Waals surface area contributed by atoms with E-state index in [1.807, 2.05) is 43.5 Å². The molecule has 1 aromatic carbocycles. The van der Waals surface area contributed by atoms with Gasteiger partial charge in [0.1, 0.15) is 0 Å². The zero-order valence-corrected chi connectivity index (χ0v) is 14.7. The molecule has 24 heavy (non-hydrogen) atoms. The van der Waals surface area contributed by atoms with E-state index in [0.717, 1.165) is 28.3 Å². The van der Waals surface area contributed by atoms with Crippen molar-refractivity contribution in [2.75, 3.05) is 5.32 Å². The molecule has 0 aliphatic heterocycles. The van der Waals surface area contributed by atoms with E-state index in [2.05, 4.69) is 15.4 Å². The second-order valence-electron chi connectivity index (χ2n) is 5.88. The number of fused-ring (bicyclic) bond motifs is 1. The summed E-state index contributed by atoms with van der Waals surface area (Å²) in [6, 6.07) is 9.09. The van der Waals surface area contributed by atoms with Gasteiger partial charge in [-0.2, -0.15) is 5.10 Å². The number of benzene rings is 1. The highest BCUT2D eigenvalue weighted by atomic mass is 35.5. The molecule has 0 fully saturated rings. The second-order valence-corrected chi connectivity index (χ2v) is 6.31. The molecule has 3 rings (SSSR count). The van der Waals surface area contributed by atoms with Gasteiger partial charge in [-0.05, 0) is 51.0 Å². The van der Waals surface area contributed by atoms with E-state index in [-0.39, 0.29) is 5.91 Å². The van der Waals surface area contributed by atoms with Gasteiger partial charge in [0.2, 0.25) is 5.91 Å². The van der Waals surface area contributed by atoms with E-state index in [0.29, 0.717) is 23.6 Å². The fourth-order valence-electron chi connectivity index (χ4n) is 2.83. The summed E-state index contributed by atoms with van der Waals surface area (Å²) < 4.78 is 1.84. The van der Waals surface area contributed by atoms with Crippen molar-refractivity contribution in [3.8, 4) is 0 Å². The molecule has 0 bridgehead atoms. The minimum Gasteiger partial charge on any atom is -0.326 e. The maximum Gasteiger partial charge on any atom is 0.224 e. The van der Waals surface area contributed by atoms with Gasteiger partial charge in [-0.3, -0.25) is 4.79 Å². The number of aromatic nitrogens is 3. The number of halogens is 1. The van der Waals surface area contributed by atoms with Crippen molar-refractivity contribution in [2.24, 2.45) is 0 Å². The van der Waals surface area contributed by atoms with Crippen molar-refractivity contribution in [2.45, 2.75) is 33.6 Å². The molecule has 124 valence electrons. The van der Waals surface area contributed by atoms with Crippen LogP contribution in [0.4, 0.5) is 5.69 Å². The van der Waals surface area contributed by atoms with Gasteiger partial charge in [-0.1, -0.05) is 17.7 Å². The van der Waals surface area contributed by atoms with E-state index in [9.17, 15) is 4.79 Å². The number of nitrogens with one attached hydrogen (secondary N) is 1.